The van der Waals surface area contributed by atoms with Crippen LogP contribution in [0.15, 0.2) is 158 Å². The second-order valence-electron chi connectivity index (χ2n) is 9.02. The molecule has 0 heterocycles. The van der Waals surface area contributed by atoms with Gasteiger partial charge in [-0.3, -0.25) is 0 Å². The van der Waals surface area contributed by atoms with Gasteiger partial charge in [-0.1, -0.05) is 127 Å². The molecule has 0 atom stereocenters. The van der Waals surface area contributed by atoms with Gasteiger partial charge in [0.15, 0.2) is 0 Å². The van der Waals surface area contributed by atoms with Crippen molar-refractivity contribution in [3.63, 3.8) is 0 Å². The first-order valence-corrected chi connectivity index (χ1v) is 12.6. The van der Waals surface area contributed by atoms with Crippen LogP contribution in [0.25, 0.3) is 22.4 Å². The summed E-state index contributed by atoms with van der Waals surface area (Å²) in [6.07, 6.45) is 2.29. The van der Waals surface area contributed by atoms with Crippen LogP contribution in [0.1, 0.15) is 16.7 Å². The maximum Gasteiger partial charge on any atom is 0.0540 e. The Morgan fingerprint density at radius 3 is 1.51 bits per heavy atom. The highest BCUT2D eigenvalue weighted by molar-refractivity contribution is 6.08. The Kier molecular flexibility index (Phi) is 6.34. The van der Waals surface area contributed by atoms with Gasteiger partial charge < -0.3 is 4.90 Å². The lowest BCUT2D eigenvalue weighted by Gasteiger charge is -2.27. The molecule has 0 N–H and O–H groups in total. The molecule has 0 aromatic heterocycles. The van der Waals surface area contributed by atoms with Crippen LogP contribution >= 0.6 is 0 Å². The highest BCUT2D eigenvalue weighted by atomic mass is 15.1. The third-order valence-electron chi connectivity index (χ3n) is 6.66. The van der Waals surface area contributed by atoms with Crippen LogP contribution in [0.2, 0.25) is 0 Å². The zero-order chi connectivity index (χ0) is 24.9. The van der Waals surface area contributed by atoms with E-state index in [-0.39, 0.29) is 0 Å². The van der Waals surface area contributed by atoms with E-state index < -0.39 is 0 Å². The lowest BCUT2D eigenvalue weighted by Crippen LogP contribution is -2.10. The first-order valence-electron chi connectivity index (χ1n) is 12.6. The van der Waals surface area contributed by atoms with Crippen molar-refractivity contribution in [3.8, 4) is 0 Å². The molecule has 6 rings (SSSR count). The fourth-order valence-electron chi connectivity index (χ4n) is 4.94. The molecular weight excluding hydrogens is 446 g/mol. The van der Waals surface area contributed by atoms with E-state index >= 15 is 0 Å². The van der Waals surface area contributed by atoms with Gasteiger partial charge in [0.1, 0.15) is 0 Å². The van der Waals surface area contributed by atoms with Crippen LogP contribution in [-0.2, 0) is 0 Å². The molecule has 0 saturated carbocycles. The van der Waals surface area contributed by atoms with Crippen molar-refractivity contribution in [3.05, 3.63) is 174 Å². The summed E-state index contributed by atoms with van der Waals surface area (Å²) in [7, 11) is 0. The van der Waals surface area contributed by atoms with Gasteiger partial charge in [-0.2, -0.15) is 0 Å². The van der Waals surface area contributed by atoms with Gasteiger partial charge in [0, 0.05) is 16.8 Å². The highest BCUT2D eigenvalue weighted by Gasteiger charge is 2.18. The van der Waals surface area contributed by atoms with Crippen molar-refractivity contribution in [2.75, 3.05) is 4.90 Å². The second-order valence-corrected chi connectivity index (χ2v) is 9.02. The highest BCUT2D eigenvalue weighted by Crippen LogP contribution is 2.41. The zero-order valence-corrected chi connectivity index (χ0v) is 20.5. The summed E-state index contributed by atoms with van der Waals surface area (Å²) < 4.78 is 0. The average molecular weight is 474 g/mol. The number of hydrogen-bond acceptors (Lipinski definition) is 1. The van der Waals surface area contributed by atoms with Crippen molar-refractivity contribution >= 4 is 39.5 Å². The van der Waals surface area contributed by atoms with Crippen molar-refractivity contribution < 1.29 is 0 Å². The quantitative estimate of drug-likeness (QED) is 0.218. The molecule has 0 aliphatic heterocycles. The van der Waals surface area contributed by atoms with Gasteiger partial charge in [-0.05, 0) is 64.1 Å². The largest absolute Gasteiger partial charge is 0.310 e. The minimum Gasteiger partial charge on any atom is -0.310 e. The monoisotopic (exact) mass is 473 g/mol. The summed E-state index contributed by atoms with van der Waals surface area (Å²) in [5.74, 6) is 0. The first-order chi connectivity index (χ1) is 18.4. The number of anilines is 3. The fraction of sp³-hybridized carbons (Fsp3) is 0. The van der Waals surface area contributed by atoms with E-state index in [1.165, 1.54) is 33.0 Å². The summed E-state index contributed by atoms with van der Waals surface area (Å²) in [4.78, 5) is 2.34. The van der Waals surface area contributed by atoms with E-state index in [4.69, 9.17) is 0 Å². The molecule has 0 amide bonds. The molecule has 0 aliphatic rings. The number of hydrogen-bond donors (Lipinski definition) is 0. The van der Waals surface area contributed by atoms with Crippen molar-refractivity contribution in [1.82, 2.24) is 0 Å². The van der Waals surface area contributed by atoms with E-state index in [2.05, 4.69) is 169 Å². The normalized spacial score (nSPS) is 11.4. The fourth-order valence-corrected chi connectivity index (χ4v) is 4.94. The van der Waals surface area contributed by atoms with Crippen LogP contribution in [0.3, 0.4) is 0 Å². The smallest absolute Gasteiger partial charge is 0.0540 e. The molecule has 6 aromatic carbocycles. The molecule has 0 saturated heterocycles. The lowest BCUT2D eigenvalue weighted by molar-refractivity contribution is 1.30. The number of rotatable bonds is 6. The Labute approximate surface area is 218 Å². The van der Waals surface area contributed by atoms with Gasteiger partial charge >= 0.3 is 0 Å². The molecule has 1 heteroatoms. The van der Waals surface area contributed by atoms with Crippen LogP contribution in [0, 0.1) is 0 Å². The van der Waals surface area contributed by atoms with E-state index in [0.717, 1.165) is 17.1 Å². The van der Waals surface area contributed by atoms with Crippen LogP contribution in [-0.4, -0.2) is 0 Å². The molecule has 0 radical (unpaired) electrons. The summed E-state index contributed by atoms with van der Waals surface area (Å²) in [6.45, 7) is 0. The van der Waals surface area contributed by atoms with Gasteiger partial charge in [0.05, 0.1) is 5.69 Å². The second kappa shape index (κ2) is 10.4. The van der Waals surface area contributed by atoms with E-state index in [9.17, 15) is 0 Å². The molecule has 37 heavy (non-hydrogen) atoms. The Hall–Kier alpha value is -4.88. The third kappa shape index (κ3) is 4.68. The standard InChI is InChI=1S/C36H27N/c1-5-15-28(16-6-1)27-35(29-17-7-2-8-18-29)33-25-26-36(34-24-14-13-23-32(33)34)37(30-19-9-3-10-20-30)31-21-11-4-12-22-31/h1-27H. The van der Waals surface area contributed by atoms with E-state index in [1.807, 2.05) is 0 Å². The Bertz CT molecular complexity index is 1600. The Morgan fingerprint density at radius 1 is 0.432 bits per heavy atom. The predicted molar refractivity (Wildman–Crippen MR) is 158 cm³/mol. The van der Waals surface area contributed by atoms with E-state index in [1.54, 1.807) is 0 Å². The van der Waals surface area contributed by atoms with Crippen LogP contribution < -0.4 is 4.90 Å². The van der Waals surface area contributed by atoms with Crippen molar-refractivity contribution in [1.29, 1.82) is 0 Å². The lowest BCUT2D eigenvalue weighted by atomic mass is 9.90. The van der Waals surface area contributed by atoms with Gasteiger partial charge in [-0.15, -0.1) is 0 Å². The average Bonchev–Trinajstić information content (AvgIpc) is 2.98. The molecule has 0 unspecified atom stereocenters. The SMILES string of the molecule is C(=C(c1ccccc1)c1ccc(N(c2ccccc2)c2ccccc2)c2ccccc12)c1ccccc1. The molecule has 176 valence electrons. The van der Waals surface area contributed by atoms with Gasteiger partial charge in [0.25, 0.3) is 0 Å². The molecule has 0 spiro atoms. The van der Waals surface area contributed by atoms with E-state index in [0.29, 0.717) is 0 Å². The number of para-hydroxylation sites is 2. The Balaban J connectivity index is 1.60. The molecule has 0 bridgehead atoms. The summed E-state index contributed by atoms with van der Waals surface area (Å²) in [5, 5.41) is 2.44. The number of benzene rings is 6. The minimum atomic E-state index is 1.13. The third-order valence-corrected chi connectivity index (χ3v) is 6.66. The molecule has 0 fully saturated rings. The maximum atomic E-state index is 2.34. The topological polar surface area (TPSA) is 3.24 Å². The molecule has 1 nitrogen and oxygen atoms in total. The minimum absolute atomic E-state index is 1.13. The Morgan fingerprint density at radius 2 is 0.919 bits per heavy atom. The molecule has 0 aliphatic carbocycles. The summed E-state index contributed by atoms with van der Waals surface area (Å²) in [5.41, 5.74) is 8.24. The van der Waals surface area contributed by atoms with Crippen molar-refractivity contribution in [2.24, 2.45) is 0 Å². The van der Waals surface area contributed by atoms with Crippen LogP contribution in [0.5, 0.6) is 0 Å². The maximum absolute atomic E-state index is 2.34. The van der Waals surface area contributed by atoms with Crippen molar-refractivity contribution in [2.45, 2.75) is 0 Å². The first kappa shape index (κ1) is 22.6. The van der Waals surface area contributed by atoms with Crippen LogP contribution in [0.4, 0.5) is 17.1 Å². The van der Waals surface area contributed by atoms with Gasteiger partial charge in [0.2, 0.25) is 0 Å². The number of nitrogens with zero attached hydrogens (tertiary/aromatic N) is 1. The summed E-state index contributed by atoms with van der Waals surface area (Å²) >= 11 is 0. The molecular formula is C36H27N. The zero-order valence-electron chi connectivity index (χ0n) is 20.5. The summed E-state index contributed by atoms with van der Waals surface area (Å²) in [6, 6.07) is 55.7. The van der Waals surface area contributed by atoms with Gasteiger partial charge in [-0.25, -0.2) is 0 Å². The predicted octanol–water partition coefficient (Wildman–Crippen LogP) is 9.90. The number of fused-ring (bicyclic) bond motifs is 1. The molecule has 6 aromatic rings.